The maximum absolute atomic E-state index is 11.3. The molecule has 0 saturated carbocycles. The number of carbonyl (C=O) groups excluding carboxylic acids is 1. The summed E-state index contributed by atoms with van der Waals surface area (Å²) in [6.45, 7) is 2.62. The first kappa shape index (κ1) is 12.5. The lowest BCUT2D eigenvalue weighted by molar-refractivity contribution is -0.127. The van der Waals surface area contributed by atoms with Crippen LogP contribution in [0.5, 0.6) is 0 Å². The number of aryl methyl sites for hydroxylation is 1. The van der Waals surface area contributed by atoms with E-state index in [0.717, 1.165) is 10.0 Å². The second-order valence-corrected chi connectivity index (χ2v) is 4.59. The first-order valence-corrected chi connectivity index (χ1v) is 5.92. The van der Waals surface area contributed by atoms with Crippen molar-refractivity contribution in [2.75, 3.05) is 12.9 Å². The summed E-state index contributed by atoms with van der Waals surface area (Å²) in [5.74, 6) is -0.0244. The molecule has 4 heteroatoms. The zero-order chi connectivity index (χ0) is 11.4. The minimum atomic E-state index is -0.0581. The number of alkyl halides is 1. The van der Waals surface area contributed by atoms with Gasteiger partial charge in [0.1, 0.15) is 5.88 Å². The van der Waals surface area contributed by atoms with Crippen LogP contribution in [0.25, 0.3) is 0 Å². The summed E-state index contributed by atoms with van der Waals surface area (Å²) in [5, 5.41) is 0. The third-order valence-corrected chi connectivity index (χ3v) is 3.30. The number of benzene rings is 1. The zero-order valence-corrected chi connectivity index (χ0v) is 11.1. The topological polar surface area (TPSA) is 20.3 Å². The van der Waals surface area contributed by atoms with Crippen LogP contribution < -0.4 is 0 Å². The minimum Gasteiger partial charge on any atom is -0.340 e. The Morgan fingerprint density at radius 1 is 1.53 bits per heavy atom. The molecule has 1 rings (SSSR count). The van der Waals surface area contributed by atoms with Gasteiger partial charge in [-0.2, -0.15) is 0 Å². The minimum absolute atomic E-state index is 0.0337. The molecule has 2 nitrogen and oxygen atoms in total. The van der Waals surface area contributed by atoms with E-state index in [-0.39, 0.29) is 11.8 Å². The lowest BCUT2D eigenvalue weighted by Gasteiger charge is -2.16. The Balaban J connectivity index is 2.73. The summed E-state index contributed by atoms with van der Waals surface area (Å²) in [6, 6.07) is 6.04. The lowest BCUT2D eigenvalue weighted by Crippen LogP contribution is -2.27. The van der Waals surface area contributed by atoms with Crippen LogP contribution in [0, 0.1) is 6.92 Å². The fourth-order valence-electron chi connectivity index (χ4n) is 1.27. The molecule has 1 aromatic rings. The molecule has 1 aromatic carbocycles. The van der Waals surface area contributed by atoms with Gasteiger partial charge < -0.3 is 4.90 Å². The van der Waals surface area contributed by atoms with E-state index in [1.165, 1.54) is 5.56 Å². The van der Waals surface area contributed by atoms with E-state index in [1.807, 2.05) is 19.1 Å². The highest BCUT2D eigenvalue weighted by atomic mass is 79.9. The summed E-state index contributed by atoms with van der Waals surface area (Å²) in [6.07, 6.45) is 0. The monoisotopic (exact) mass is 289 g/mol. The van der Waals surface area contributed by atoms with E-state index < -0.39 is 0 Å². The molecule has 0 aliphatic carbocycles. The predicted molar refractivity (Wildman–Crippen MR) is 66.1 cm³/mol. The molecule has 0 unspecified atom stereocenters. The number of hydrogen-bond acceptors (Lipinski definition) is 1. The molecule has 0 atom stereocenters. The summed E-state index contributed by atoms with van der Waals surface area (Å²) in [4.78, 5) is 12.9. The van der Waals surface area contributed by atoms with Crippen LogP contribution in [0.3, 0.4) is 0 Å². The van der Waals surface area contributed by atoms with Gasteiger partial charge >= 0.3 is 0 Å². The summed E-state index contributed by atoms with van der Waals surface area (Å²) < 4.78 is 1.08. The number of hydrogen-bond donors (Lipinski definition) is 0. The second-order valence-electron chi connectivity index (χ2n) is 3.47. The molecule has 0 aliphatic heterocycles. The highest BCUT2D eigenvalue weighted by molar-refractivity contribution is 9.10. The highest BCUT2D eigenvalue weighted by Crippen LogP contribution is 2.17. The van der Waals surface area contributed by atoms with Crippen molar-refractivity contribution >= 4 is 33.4 Å². The van der Waals surface area contributed by atoms with E-state index in [9.17, 15) is 4.79 Å². The Bertz CT molecular complexity index is 368. The number of carbonyl (C=O) groups is 1. The molecule has 82 valence electrons. The van der Waals surface area contributed by atoms with E-state index in [0.29, 0.717) is 6.54 Å². The number of rotatable bonds is 3. The fourth-order valence-corrected chi connectivity index (χ4v) is 1.72. The average molecular weight is 291 g/mol. The van der Waals surface area contributed by atoms with Gasteiger partial charge in [-0.25, -0.2) is 0 Å². The van der Waals surface area contributed by atoms with Gasteiger partial charge in [0.15, 0.2) is 0 Å². The standard InChI is InChI=1S/C11H13BrClNO/c1-8-5-9(3-4-10(8)12)7-14(2)11(15)6-13/h3-5H,6-7H2,1-2H3. The molecule has 0 N–H and O–H groups in total. The van der Waals surface area contributed by atoms with Crippen LogP contribution in [0.4, 0.5) is 0 Å². The Morgan fingerprint density at radius 2 is 2.20 bits per heavy atom. The Hall–Kier alpha value is -0.540. The Labute approximate surface area is 103 Å². The van der Waals surface area contributed by atoms with Crippen LogP contribution in [0.1, 0.15) is 11.1 Å². The summed E-state index contributed by atoms with van der Waals surface area (Å²) in [5.41, 5.74) is 2.27. The van der Waals surface area contributed by atoms with Crippen LogP contribution in [-0.2, 0) is 11.3 Å². The third kappa shape index (κ3) is 3.50. The molecule has 15 heavy (non-hydrogen) atoms. The summed E-state index contributed by atoms with van der Waals surface area (Å²) in [7, 11) is 1.75. The molecule has 0 fully saturated rings. The third-order valence-electron chi connectivity index (χ3n) is 2.18. The van der Waals surface area contributed by atoms with Crippen molar-refractivity contribution < 1.29 is 4.79 Å². The maximum atomic E-state index is 11.3. The summed E-state index contributed by atoms with van der Waals surface area (Å²) >= 11 is 8.91. The number of amides is 1. The largest absolute Gasteiger partial charge is 0.340 e. The number of halogens is 2. The van der Waals surface area contributed by atoms with Crippen molar-refractivity contribution in [3.05, 3.63) is 33.8 Å². The first-order chi connectivity index (χ1) is 7.04. The molecule has 0 aromatic heterocycles. The van der Waals surface area contributed by atoms with Crippen molar-refractivity contribution in [2.24, 2.45) is 0 Å². The van der Waals surface area contributed by atoms with Crippen LogP contribution in [-0.4, -0.2) is 23.7 Å². The van der Waals surface area contributed by atoms with E-state index in [2.05, 4.69) is 22.0 Å². The van der Waals surface area contributed by atoms with E-state index in [4.69, 9.17) is 11.6 Å². The Kier molecular flexibility index (Phi) is 4.61. The van der Waals surface area contributed by atoms with Crippen molar-refractivity contribution in [1.82, 2.24) is 4.90 Å². The zero-order valence-electron chi connectivity index (χ0n) is 8.76. The SMILES string of the molecule is Cc1cc(CN(C)C(=O)CCl)ccc1Br. The molecule has 0 spiro atoms. The van der Waals surface area contributed by atoms with Crippen LogP contribution in [0.2, 0.25) is 0 Å². The van der Waals surface area contributed by atoms with Gasteiger partial charge in [-0.15, -0.1) is 11.6 Å². The normalized spacial score (nSPS) is 10.1. The van der Waals surface area contributed by atoms with Crippen molar-refractivity contribution in [2.45, 2.75) is 13.5 Å². The molecule has 0 heterocycles. The van der Waals surface area contributed by atoms with Gasteiger partial charge in [0.2, 0.25) is 5.91 Å². The maximum Gasteiger partial charge on any atom is 0.237 e. The van der Waals surface area contributed by atoms with Gasteiger partial charge in [0, 0.05) is 18.1 Å². The lowest BCUT2D eigenvalue weighted by atomic mass is 10.1. The molecular formula is C11H13BrClNO. The molecule has 0 radical (unpaired) electrons. The quantitative estimate of drug-likeness (QED) is 0.784. The van der Waals surface area contributed by atoms with Crippen LogP contribution >= 0.6 is 27.5 Å². The predicted octanol–water partition coefficient (Wildman–Crippen LogP) is 2.95. The average Bonchev–Trinajstić information content (AvgIpc) is 2.22. The van der Waals surface area contributed by atoms with Gasteiger partial charge in [-0.05, 0) is 24.1 Å². The Morgan fingerprint density at radius 3 is 2.73 bits per heavy atom. The van der Waals surface area contributed by atoms with Crippen LogP contribution in [0.15, 0.2) is 22.7 Å². The molecule has 1 amide bonds. The first-order valence-electron chi connectivity index (χ1n) is 4.59. The molecule has 0 saturated heterocycles. The second kappa shape index (κ2) is 5.52. The van der Waals surface area contributed by atoms with Gasteiger partial charge in [-0.1, -0.05) is 28.1 Å². The molecule has 0 bridgehead atoms. The smallest absolute Gasteiger partial charge is 0.237 e. The van der Waals surface area contributed by atoms with E-state index >= 15 is 0 Å². The molecule has 0 aliphatic rings. The van der Waals surface area contributed by atoms with Crippen molar-refractivity contribution in [1.29, 1.82) is 0 Å². The van der Waals surface area contributed by atoms with Crippen molar-refractivity contribution in [3.63, 3.8) is 0 Å². The van der Waals surface area contributed by atoms with E-state index in [1.54, 1.807) is 11.9 Å². The van der Waals surface area contributed by atoms with Crippen molar-refractivity contribution in [3.8, 4) is 0 Å². The van der Waals surface area contributed by atoms with Gasteiger partial charge in [0.05, 0.1) is 0 Å². The molecular weight excluding hydrogens is 277 g/mol. The van der Waals surface area contributed by atoms with Gasteiger partial charge in [0.25, 0.3) is 0 Å². The fraction of sp³-hybridized carbons (Fsp3) is 0.364. The number of nitrogens with zero attached hydrogens (tertiary/aromatic N) is 1. The van der Waals surface area contributed by atoms with Gasteiger partial charge in [-0.3, -0.25) is 4.79 Å². The highest BCUT2D eigenvalue weighted by Gasteiger charge is 2.07.